The molecule has 0 unspecified atom stereocenters. The van der Waals surface area contributed by atoms with E-state index in [1.54, 1.807) is 17.4 Å². The molecule has 1 amide bonds. The summed E-state index contributed by atoms with van der Waals surface area (Å²) in [5.41, 5.74) is 7.46. The summed E-state index contributed by atoms with van der Waals surface area (Å²) >= 11 is 1.60. The van der Waals surface area contributed by atoms with Crippen LogP contribution in [0.15, 0.2) is 29.6 Å². The lowest BCUT2D eigenvalue weighted by Gasteiger charge is -2.30. The lowest BCUT2D eigenvalue weighted by Crippen LogP contribution is -2.42. The Morgan fingerprint density at radius 2 is 2.22 bits per heavy atom. The zero-order chi connectivity index (χ0) is 16.2. The average Bonchev–Trinajstić information content (AvgIpc) is 2.99. The van der Waals surface area contributed by atoms with E-state index in [9.17, 15) is 4.79 Å². The molecule has 6 heteroatoms. The van der Waals surface area contributed by atoms with Gasteiger partial charge in [0.05, 0.1) is 10.7 Å². The van der Waals surface area contributed by atoms with Crippen molar-refractivity contribution in [3.05, 3.63) is 45.9 Å². The molecule has 0 spiro atoms. The normalized spacial score (nSPS) is 15.7. The Morgan fingerprint density at radius 1 is 1.43 bits per heavy atom. The van der Waals surface area contributed by atoms with Crippen molar-refractivity contribution in [1.29, 1.82) is 0 Å². The third kappa shape index (κ3) is 4.09. The summed E-state index contributed by atoms with van der Waals surface area (Å²) in [6, 6.07) is 7.56. The molecule has 0 aliphatic carbocycles. The van der Waals surface area contributed by atoms with Gasteiger partial charge in [-0.1, -0.05) is 6.07 Å². The van der Waals surface area contributed by atoms with Gasteiger partial charge in [0.15, 0.2) is 0 Å². The molecule has 0 bridgehead atoms. The van der Waals surface area contributed by atoms with Crippen LogP contribution in [-0.2, 0) is 6.61 Å². The molecule has 2 aromatic rings. The first-order chi connectivity index (χ1) is 11.1. The largest absolute Gasteiger partial charge is 0.487 e. The minimum atomic E-state index is 0.0480. The number of carbonyl (C=O) groups is 1. The van der Waals surface area contributed by atoms with Crippen molar-refractivity contribution < 1.29 is 9.53 Å². The maximum Gasteiger partial charge on any atom is 0.253 e. The molecule has 3 rings (SSSR count). The van der Waals surface area contributed by atoms with Gasteiger partial charge in [-0.2, -0.15) is 0 Å². The van der Waals surface area contributed by atoms with Crippen LogP contribution in [0.25, 0.3) is 0 Å². The Morgan fingerprint density at radius 3 is 2.91 bits per heavy atom. The summed E-state index contributed by atoms with van der Waals surface area (Å²) in [6.07, 6.45) is 1.73. The highest BCUT2D eigenvalue weighted by Gasteiger charge is 2.21. The Kier molecular flexibility index (Phi) is 4.93. The first kappa shape index (κ1) is 16.0. The maximum atomic E-state index is 12.6. The van der Waals surface area contributed by atoms with E-state index < -0.39 is 0 Å². The fourth-order valence-corrected chi connectivity index (χ4v) is 3.23. The van der Waals surface area contributed by atoms with Gasteiger partial charge in [-0.3, -0.25) is 4.79 Å². The smallest absolute Gasteiger partial charge is 0.253 e. The molecule has 1 aromatic carbocycles. The van der Waals surface area contributed by atoms with Gasteiger partial charge < -0.3 is 15.4 Å². The summed E-state index contributed by atoms with van der Waals surface area (Å²) in [6.45, 7) is 3.84. The molecule has 2 heterocycles. The minimum absolute atomic E-state index is 0.0480. The molecule has 0 radical (unpaired) electrons. The molecule has 1 aliphatic heterocycles. The van der Waals surface area contributed by atoms with Gasteiger partial charge in [0.2, 0.25) is 0 Å². The maximum absolute atomic E-state index is 12.6. The second kappa shape index (κ2) is 7.10. The summed E-state index contributed by atoms with van der Waals surface area (Å²) in [7, 11) is 0. The number of aromatic nitrogens is 1. The van der Waals surface area contributed by atoms with Crippen molar-refractivity contribution in [1.82, 2.24) is 9.88 Å². The number of hydrogen-bond acceptors (Lipinski definition) is 5. The van der Waals surface area contributed by atoms with Crippen molar-refractivity contribution in [3.8, 4) is 5.75 Å². The van der Waals surface area contributed by atoms with Crippen molar-refractivity contribution in [3.63, 3.8) is 0 Å². The molecule has 23 heavy (non-hydrogen) atoms. The summed E-state index contributed by atoms with van der Waals surface area (Å²) in [5.74, 6) is 0.738. The summed E-state index contributed by atoms with van der Waals surface area (Å²) in [4.78, 5) is 18.8. The van der Waals surface area contributed by atoms with Gasteiger partial charge in [-0.15, -0.1) is 11.3 Å². The van der Waals surface area contributed by atoms with E-state index in [0.717, 1.165) is 36.6 Å². The number of carbonyl (C=O) groups excluding carboxylic acids is 1. The summed E-state index contributed by atoms with van der Waals surface area (Å²) < 4.78 is 5.75. The first-order valence-corrected chi connectivity index (χ1v) is 8.68. The van der Waals surface area contributed by atoms with Gasteiger partial charge in [0.1, 0.15) is 12.4 Å². The second-order valence-corrected chi connectivity index (χ2v) is 6.87. The van der Waals surface area contributed by atoms with E-state index in [1.807, 2.05) is 35.4 Å². The van der Waals surface area contributed by atoms with Crippen LogP contribution in [0.5, 0.6) is 5.75 Å². The quantitative estimate of drug-likeness (QED) is 0.935. The number of benzene rings is 1. The standard InChI is InChI=1S/C17H21N3O2S/c1-12-19-15(11-23-12)10-22-16-4-2-3-13(9-16)17(21)20-7-5-14(18)6-8-20/h2-4,9,11,14H,5-8,10,18H2,1H3. The predicted octanol–water partition coefficient (Wildman–Crippen LogP) is 2.59. The molecule has 2 N–H and O–H groups in total. The van der Waals surface area contributed by atoms with Crippen LogP contribution in [-0.4, -0.2) is 34.9 Å². The molecule has 0 atom stereocenters. The third-order valence-electron chi connectivity index (χ3n) is 3.96. The SMILES string of the molecule is Cc1nc(COc2cccc(C(=O)N3CCC(N)CC3)c2)cs1. The van der Waals surface area contributed by atoms with E-state index in [2.05, 4.69) is 4.98 Å². The fourth-order valence-electron chi connectivity index (χ4n) is 2.64. The number of hydrogen-bond donors (Lipinski definition) is 1. The van der Waals surface area contributed by atoms with E-state index in [0.29, 0.717) is 17.9 Å². The highest BCUT2D eigenvalue weighted by atomic mass is 32.1. The highest BCUT2D eigenvalue weighted by molar-refractivity contribution is 7.09. The zero-order valence-electron chi connectivity index (χ0n) is 13.2. The highest BCUT2D eigenvalue weighted by Crippen LogP contribution is 2.19. The van der Waals surface area contributed by atoms with E-state index in [-0.39, 0.29) is 11.9 Å². The molecule has 1 saturated heterocycles. The Bertz CT molecular complexity index is 678. The van der Waals surface area contributed by atoms with Gasteiger partial charge in [0, 0.05) is 30.1 Å². The average molecular weight is 331 g/mol. The topological polar surface area (TPSA) is 68.5 Å². The molecule has 1 fully saturated rings. The molecule has 0 saturated carbocycles. The van der Waals surface area contributed by atoms with Crippen molar-refractivity contribution in [2.24, 2.45) is 5.73 Å². The van der Waals surface area contributed by atoms with Crippen LogP contribution < -0.4 is 10.5 Å². The van der Waals surface area contributed by atoms with Crippen molar-refractivity contribution in [2.75, 3.05) is 13.1 Å². The van der Waals surface area contributed by atoms with E-state index in [4.69, 9.17) is 10.5 Å². The minimum Gasteiger partial charge on any atom is -0.487 e. The van der Waals surface area contributed by atoms with Crippen LogP contribution in [0, 0.1) is 6.92 Å². The number of nitrogens with zero attached hydrogens (tertiary/aromatic N) is 2. The molecule has 1 aromatic heterocycles. The summed E-state index contributed by atoms with van der Waals surface area (Å²) in [5, 5.41) is 3.01. The molecule has 5 nitrogen and oxygen atoms in total. The van der Waals surface area contributed by atoms with Gasteiger partial charge >= 0.3 is 0 Å². The number of ether oxygens (including phenoxy) is 1. The Hall–Kier alpha value is -1.92. The zero-order valence-corrected chi connectivity index (χ0v) is 14.0. The third-order valence-corrected chi connectivity index (χ3v) is 4.78. The van der Waals surface area contributed by atoms with Crippen molar-refractivity contribution in [2.45, 2.75) is 32.4 Å². The van der Waals surface area contributed by atoms with Gasteiger partial charge in [-0.25, -0.2) is 4.98 Å². The molecule has 1 aliphatic rings. The lowest BCUT2D eigenvalue weighted by molar-refractivity contribution is 0.0714. The van der Waals surface area contributed by atoms with Crippen LogP contribution in [0.1, 0.15) is 33.9 Å². The second-order valence-electron chi connectivity index (χ2n) is 5.80. The number of aryl methyl sites for hydroxylation is 1. The van der Waals surface area contributed by atoms with Crippen LogP contribution in [0.3, 0.4) is 0 Å². The van der Waals surface area contributed by atoms with Crippen molar-refractivity contribution >= 4 is 17.2 Å². The molecular formula is C17H21N3O2S. The molecule has 122 valence electrons. The van der Waals surface area contributed by atoms with Crippen LogP contribution in [0.4, 0.5) is 0 Å². The van der Waals surface area contributed by atoms with E-state index >= 15 is 0 Å². The number of rotatable bonds is 4. The van der Waals surface area contributed by atoms with Gasteiger partial charge in [-0.05, 0) is 38.0 Å². The van der Waals surface area contributed by atoms with E-state index in [1.165, 1.54) is 0 Å². The molecular weight excluding hydrogens is 310 g/mol. The number of amides is 1. The number of piperidine rings is 1. The van der Waals surface area contributed by atoms with Crippen LogP contribution >= 0.6 is 11.3 Å². The predicted molar refractivity (Wildman–Crippen MR) is 90.7 cm³/mol. The number of likely N-dealkylation sites (tertiary alicyclic amines) is 1. The number of thiazole rings is 1. The lowest BCUT2D eigenvalue weighted by atomic mass is 10.0. The van der Waals surface area contributed by atoms with Gasteiger partial charge in [0.25, 0.3) is 5.91 Å². The Labute approximate surface area is 140 Å². The first-order valence-electron chi connectivity index (χ1n) is 7.80. The fraction of sp³-hybridized carbons (Fsp3) is 0.412. The van der Waals surface area contributed by atoms with Crippen LogP contribution in [0.2, 0.25) is 0 Å². The Balaban J connectivity index is 1.63. The monoisotopic (exact) mass is 331 g/mol. The number of nitrogens with two attached hydrogens (primary N) is 1.